The summed E-state index contributed by atoms with van der Waals surface area (Å²) < 4.78 is 25.0. The van der Waals surface area contributed by atoms with Crippen LogP contribution in [-0.2, 0) is 10.0 Å². The molecule has 0 aliphatic carbocycles. The van der Waals surface area contributed by atoms with Crippen molar-refractivity contribution in [3.05, 3.63) is 18.3 Å². The molecule has 1 heterocycles. The van der Waals surface area contributed by atoms with Crippen LogP contribution in [0.15, 0.2) is 23.2 Å². The quantitative estimate of drug-likeness (QED) is 0.706. The van der Waals surface area contributed by atoms with Crippen molar-refractivity contribution in [3.8, 4) is 0 Å². The molecule has 7 heteroatoms. The van der Waals surface area contributed by atoms with E-state index < -0.39 is 10.0 Å². The van der Waals surface area contributed by atoms with Crippen LogP contribution >= 0.6 is 15.9 Å². The molecule has 0 unspecified atom stereocenters. The average molecular weight is 350 g/mol. The molecular weight excluding hydrogens is 330 g/mol. The van der Waals surface area contributed by atoms with Crippen LogP contribution in [0.25, 0.3) is 0 Å². The molecule has 1 rings (SSSR count). The number of pyridine rings is 1. The fourth-order valence-electron chi connectivity index (χ4n) is 1.61. The minimum absolute atomic E-state index is 0.220. The van der Waals surface area contributed by atoms with Crippen LogP contribution in [0.2, 0.25) is 0 Å². The van der Waals surface area contributed by atoms with E-state index in [0.29, 0.717) is 0 Å². The summed E-state index contributed by atoms with van der Waals surface area (Å²) in [4.78, 5) is 6.59. The van der Waals surface area contributed by atoms with Gasteiger partial charge in [0.15, 0.2) is 0 Å². The molecule has 19 heavy (non-hydrogen) atoms. The van der Waals surface area contributed by atoms with Crippen LogP contribution in [0.5, 0.6) is 0 Å². The van der Waals surface area contributed by atoms with Gasteiger partial charge in [-0.1, -0.05) is 15.9 Å². The maximum absolute atomic E-state index is 11.9. The molecule has 0 radical (unpaired) electrons. The van der Waals surface area contributed by atoms with Crippen LogP contribution in [-0.4, -0.2) is 50.2 Å². The van der Waals surface area contributed by atoms with Crippen LogP contribution in [0.4, 0.5) is 5.82 Å². The number of halogens is 1. The molecule has 0 bridgehead atoms. The van der Waals surface area contributed by atoms with Crippen molar-refractivity contribution in [2.45, 2.75) is 18.2 Å². The van der Waals surface area contributed by atoms with Crippen LogP contribution in [0.1, 0.15) is 13.3 Å². The molecule has 0 aromatic carbocycles. The molecule has 1 aromatic rings. The van der Waals surface area contributed by atoms with Gasteiger partial charge in [0.1, 0.15) is 10.7 Å². The zero-order valence-electron chi connectivity index (χ0n) is 11.5. The second-order valence-electron chi connectivity index (χ2n) is 4.26. The van der Waals surface area contributed by atoms with E-state index in [1.54, 1.807) is 12.1 Å². The van der Waals surface area contributed by atoms with E-state index in [0.717, 1.165) is 30.7 Å². The number of anilines is 1. The fraction of sp³-hybridized carbons (Fsp3) is 0.583. The molecule has 108 valence electrons. The Balaban J connectivity index is 2.92. The summed E-state index contributed by atoms with van der Waals surface area (Å²) in [6.45, 7) is 3.80. The van der Waals surface area contributed by atoms with Crippen molar-refractivity contribution in [1.82, 2.24) is 9.29 Å². The summed E-state index contributed by atoms with van der Waals surface area (Å²) in [5, 5.41) is 0.941. The molecule has 0 amide bonds. The number of sulfonamides is 1. The topological polar surface area (TPSA) is 53.5 Å². The average Bonchev–Trinajstić information content (AvgIpc) is 2.40. The monoisotopic (exact) mass is 349 g/mol. The lowest BCUT2D eigenvalue weighted by atomic mass is 10.3. The largest absolute Gasteiger partial charge is 0.357 e. The molecule has 0 atom stereocenters. The second kappa shape index (κ2) is 7.21. The first kappa shape index (κ1) is 16.4. The van der Waals surface area contributed by atoms with Crippen molar-refractivity contribution < 1.29 is 8.42 Å². The molecule has 5 nitrogen and oxygen atoms in total. The zero-order chi connectivity index (χ0) is 14.5. The first-order valence-corrected chi connectivity index (χ1v) is 8.69. The summed E-state index contributed by atoms with van der Waals surface area (Å²) in [6.07, 6.45) is 2.44. The van der Waals surface area contributed by atoms with E-state index in [1.807, 2.05) is 0 Å². The van der Waals surface area contributed by atoms with Crippen molar-refractivity contribution in [1.29, 1.82) is 0 Å². The molecule has 1 aromatic heterocycles. The third-order valence-electron chi connectivity index (χ3n) is 2.77. The molecule has 0 aliphatic heterocycles. The Morgan fingerprint density at radius 1 is 1.32 bits per heavy atom. The molecule has 0 aliphatic rings. The van der Waals surface area contributed by atoms with Gasteiger partial charge in [0.2, 0.25) is 10.0 Å². The highest BCUT2D eigenvalue weighted by molar-refractivity contribution is 9.09. The minimum Gasteiger partial charge on any atom is -0.357 e. The lowest BCUT2D eigenvalue weighted by Crippen LogP contribution is -2.26. The Bertz CT molecular complexity index is 488. The highest BCUT2D eigenvalue weighted by atomic mass is 79.9. The Kier molecular flexibility index (Phi) is 6.22. The number of nitrogens with zero attached hydrogens (tertiary/aromatic N) is 3. The van der Waals surface area contributed by atoms with E-state index in [9.17, 15) is 8.42 Å². The van der Waals surface area contributed by atoms with Gasteiger partial charge >= 0.3 is 0 Å². The van der Waals surface area contributed by atoms with E-state index >= 15 is 0 Å². The second-order valence-corrected chi connectivity index (χ2v) is 7.21. The van der Waals surface area contributed by atoms with Gasteiger partial charge in [-0.25, -0.2) is 17.7 Å². The number of hydrogen-bond acceptors (Lipinski definition) is 4. The number of alkyl halides is 1. The maximum Gasteiger partial charge on any atom is 0.244 e. The predicted molar refractivity (Wildman–Crippen MR) is 81.4 cm³/mol. The molecule has 0 N–H and O–H groups in total. The van der Waals surface area contributed by atoms with Crippen LogP contribution < -0.4 is 4.90 Å². The van der Waals surface area contributed by atoms with E-state index in [2.05, 4.69) is 32.7 Å². The first-order chi connectivity index (χ1) is 8.93. The number of rotatable bonds is 7. The molecule has 0 saturated carbocycles. The Morgan fingerprint density at radius 3 is 2.42 bits per heavy atom. The van der Waals surface area contributed by atoms with Gasteiger partial charge in [0.25, 0.3) is 0 Å². The third-order valence-corrected chi connectivity index (χ3v) is 5.13. The number of hydrogen-bond donors (Lipinski definition) is 0. The summed E-state index contributed by atoms with van der Waals surface area (Å²) in [6, 6.07) is 3.36. The Hall–Kier alpha value is -0.660. The van der Waals surface area contributed by atoms with Crippen molar-refractivity contribution in [2.75, 3.05) is 37.4 Å². The van der Waals surface area contributed by atoms with Gasteiger partial charge in [0, 0.05) is 38.7 Å². The van der Waals surface area contributed by atoms with Crippen molar-refractivity contribution in [3.63, 3.8) is 0 Å². The summed E-state index contributed by atoms with van der Waals surface area (Å²) in [5.41, 5.74) is 0. The predicted octanol–water partition coefficient (Wildman–Crippen LogP) is 1.94. The van der Waals surface area contributed by atoms with E-state index in [-0.39, 0.29) is 4.90 Å². The maximum atomic E-state index is 11.9. The van der Waals surface area contributed by atoms with Crippen LogP contribution in [0, 0.1) is 0 Å². The molecular formula is C12H20BrN3O2S. The SMILES string of the molecule is CCN(CCCBr)c1ccc(S(=O)(=O)N(C)C)cn1. The van der Waals surface area contributed by atoms with E-state index in [4.69, 9.17) is 0 Å². The summed E-state index contributed by atoms with van der Waals surface area (Å²) >= 11 is 3.40. The highest BCUT2D eigenvalue weighted by Crippen LogP contribution is 2.16. The lowest BCUT2D eigenvalue weighted by Gasteiger charge is -2.21. The van der Waals surface area contributed by atoms with Crippen molar-refractivity contribution >= 4 is 31.8 Å². The van der Waals surface area contributed by atoms with Crippen LogP contribution in [0.3, 0.4) is 0 Å². The Labute approximate surface area is 123 Å². The third kappa shape index (κ3) is 4.15. The smallest absolute Gasteiger partial charge is 0.244 e. The van der Waals surface area contributed by atoms with Gasteiger partial charge < -0.3 is 4.90 Å². The van der Waals surface area contributed by atoms with Gasteiger partial charge in [-0.15, -0.1) is 0 Å². The Morgan fingerprint density at radius 2 is 2.00 bits per heavy atom. The normalized spacial score (nSPS) is 11.8. The lowest BCUT2D eigenvalue weighted by molar-refractivity contribution is 0.520. The van der Waals surface area contributed by atoms with Gasteiger partial charge in [0.05, 0.1) is 0 Å². The van der Waals surface area contributed by atoms with Gasteiger partial charge in [-0.3, -0.25) is 0 Å². The molecule has 0 fully saturated rings. The fourth-order valence-corrected chi connectivity index (χ4v) is 2.71. The summed E-state index contributed by atoms with van der Waals surface area (Å²) in [5.74, 6) is 0.807. The highest BCUT2D eigenvalue weighted by Gasteiger charge is 2.17. The standard InChI is InChI=1S/C12H20BrN3O2S/c1-4-16(9-5-8-13)12-7-6-11(10-14-12)19(17,18)15(2)3/h6-7,10H,4-5,8-9H2,1-3H3. The first-order valence-electron chi connectivity index (χ1n) is 6.13. The van der Waals surface area contributed by atoms with Gasteiger partial charge in [-0.2, -0.15) is 0 Å². The summed E-state index contributed by atoms with van der Waals surface area (Å²) in [7, 11) is -0.375. The molecule has 0 saturated heterocycles. The number of aromatic nitrogens is 1. The van der Waals surface area contributed by atoms with Crippen molar-refractivity contribution in [2.24, 2.45) is 0 Å². The van der Waals surface area contributed by atoms with Gasteiger partial charge in [-0.05, 0) is 25.5 Å². The minimum atomic E-state index is -3.40. The van der Waals surface area contributed by atoms with E-state index in [1.165, 1.54) is 24.6 Å². The zero-order valence-corrected chi connectivity index (χ0v) is 13.9. The molecule has 0 spiro atoms.